The fourth-order valence-electron chi connectivity index (χ4n) is 1.42. The average Bonchev–Trinajstić information content (AvgIpc) is 2.37. The number of nitrogens with one attached hydrogen (secondary N) is 1. The topological polar surface area (TPSA) is 114 Å². The lowest BCUT2D eigenvalue weighted by molar-refractivity contribution is -0.142. The molecule has 0 aliphatic carbocycles. The van der Waals surface area contributed by atoms with Crippen molar-refractivity contribution < 1.29 is 34.0 Å². The first kappa shape index (κ1) is 20.6. The molecule has 1 amide bonds. The Kier molecular flexibility index (Phi) is 10.5. The highest BCUT2D eigenvalue weighted by Crippen LogP contribution is 2.06. The lowest BCUT2D eigenvalue weighted by Crippen LogP contribution is -2.36. The summed E-state index contributed by atoms with van der Waals surface area (Å²) in [6.07, 6.45) is -0.125. The molecular weight excluding hydrogens is 294 g/mol. The predicted octanol–water partition coefficient (Wildman–Crippen LogP) is 0.770. The van der Waals surface area contributed by atoms with Crippen LogP contribution in [0.1, 0.15) is 33.6 Å². The summed E-state index contributed by atoms with van der Waals surface area (Å²) in [7, 11) is 0. The predicted molar refractivity (Wildman–Crippen MR) is 78.8 cm³/mol. The van der Waals surface area contributed by atoms with Crippen LogP contribution >= 0.6 is 0 Å². The van der Waals surface area contributed by atoms with E-state index < -0.39 is 23.8 Å². The van der Waals surface area contributed by atoms with Gasteiger partial charge in [-0.05, 0) is 33.6 Å². The first-order valence-electron chi connectivity index (χ1n) is 7.23. The highest BCUT2D eigenvalue weighted by Gasteiger charge is 2.16. The maximum atomic E-state index is 11.4. The standard InChI is InChI=1S/C14H27NO7/c1-14(2,3)22-13(19)15-9-11(16)5-4-6-20-7-8-21-10-12(17)18/h11,16H,4-10H2,1-3H3,(H,15,19)(H,17,18). The molecule has 0 aromatic heterocycles. The summed E-state index contributed by atoms with van der Waals surface area (Å²) >= 11 is 0. The fraction of sp³-hybridized carbons (Fsp3) is 0.857. The van der Waals surface area contributed by atoms with Gasteiger partial charge >= 0.3 is 12.1 Å². The largest absolute Gasteiger partial charge is 0.480 e. The van der Waals surface area contributed by atoms with E-state index in [9.17, 15) is 14.7 Å². The summed E-state index contributed by atoms with van der Waals surface area (Å²) in [5, 5.41) is 20.5. The van der Waals surface area contributed by atoms with Crippen LogP contribution in [-0.4, -0.2) is 67.0 Å². The molecule has 0 aliphatic rings. The van der Waals surface area contributed by atoms with Crippen molar-refractivity contribution in [1.82, 2.24) is 5.32 Å². The fourth-order valence-corrected chi connectivity index (χ4v) is 1.42. The van der Waals surface area contributed by atoms with Crippen molar-refractivity contribution >= 4 is 12.1 Å². The molecule has 0 bridgehead atoms. The van der Waals surface area contributed by atoms with Crippen LogP contribution in [0.15, 0.2) is 0 Å². The number of rotatable bonds is 11. The van der Waals surface area contributed by atoms with Crippen LogP contribution in [0.3, 0.4) is 0 Å². The van der Waals surface area contributed by atoms with E-state index in [0.29, 0.717) is 26.1 Å². The van der Waals surface area contributed by atoms with Crippen molar-refractivity contribution in [3.05, 3.63) is 0 Å². The van der Waals surface area contributed by atoms with Gasteiger partial charge in [0.15, 0.2) is 0 Å². The number of aliphatic hydroxyl groups is 1. The number of carboxylic acid groups (broad SMARTS) is 1. The van der Waals surface area contributed by atoms with E-state index in [1.165, 1.54) is 0 Å². The lowest BCUT2D eigenvalue weighted by atomic mass is 10.2. The van der Waals surface area contributed by atoms with Gasteiger partial charge in [-0.3, -0.25) is 0 Å². The number of carbonyl (C=O) groups excluding carboxylic acids is 1. The summed E-state index contributed by atoms with van der Waals surface area (Å²) in [6, 6.07) is 0. The van der Waals surface area contributed by atoms with E-state index >= 15 is 0 Å². The van der Waals surface area contributed by atoms with Gasteiger partial charge < -0.3 is 29.7 Å². The summed E-state index contributed by atoms with van der Waals surface area (Å²) in [5.74, 6) is -1.01. The molecule has 0 radical (unpaired) electrons. The van der Waals surface area contributed by atoms with Crippen LogP contribution in [0, 0.1) is 0 Å². The zero-order valence-corrected chi connectivity index (χ0v) is 13.5. The molecule has 0 rings (SSSR count). The Balaban J connectivity index is 3.45. The molecule has 22 heavy (non-hydrogen) atoms. The molecule has 0 fully saturated rings. The van der Waals surface area contributed by atoms with E-state index in [2.05, 4.69) is 5.32 Å². The van der Waals surface area contributed by atoms with Gasteiger partial charge in [0.25, 0.3) is 0 Å². The zero-order chi connectivity index (χ0) is 17.0. The Morgan fingerprint density at radius 3 is 2.36 bits per heavy atom. The third-order valence-corrected chi connectivity index (χ3v) is 2.30. The number of aliphatic hydroxyl groups excluding tert-OH is 1. The van der Waals surface area contributed by atoms with Gasteiger partial charge in [-0.1, -0.05) is 0 Å². The van der Waals surface area contributed by atoms with Gasteiger partial charge in [0, 0.05) is 13.2 Å². The van der Waals surface area contributed by atoms with Crippen LogP contribution in [-0.2, 0) is 19.0 Å². The summed E-state index contributed by atoms with van der Waals surface area (Å²) in [5.41, 5.74) is -0.564. The number of hydrogen-bond donors (Lipinski definition) is 3. The minimum absolute atomic E-state index is 0.122. The van der Waals surface area contributed by atoms with E-state index in [1.54, 1.807) is 20.8 Å². The lowest BCUT2D eigenvalue weighted by Gasteiger charge is -2.20. The number of alkyl carbamates (subject to hydrolysis) is 1. The summed E-state index contributed by atoms with van der Waals surface area (Å²) in [4.78, 5) is 21.5. The smallest absolute Gasteiger partial charge is 0.407 e. The van der Waals surface area contributed by atoms with Gasteiger partial charge in [-0.25, -0.2) is 9.59 Å². The van der Waals surface area contributed by atoms with Crippen molar-refractivity contribution in [3.63, 3.8) is 0 Å². The zero-order valence-electron chi connectivity index (χ0n) is 13.5. The van der Waals surface area contributed by atoms with Crippen LogP contribution in [0.4, 0.5) is 4.79 Å². The third kappa shape index (κ3) is 15.0. The molecule has 8 heteroatoms. The minimum Gasteiger partial charge on any atom is -0.480 e. The number of carbonyl (C=O) groups is 2. The Morgan fingerprint density at radius 2 is 1.77 bits per heavy atom. The molecule has 0 heterocycles. The van der Waals surface area contributed by atoms with Crippen LogP contribution < -0.4 is 5.32 Å². The van der Waals surface area contributed by atoms with Gasteiger partial charge in [-0.15, -0.1) is 0 Å². The Hall–Kier alpha value is -1.38. The number of hydrogen-bond acceptors (Lipinski definition) is 6. The maximum absolute atomic E-state index is 11.4. The highest BCUT2D eigenvalue weighted by atomic mass is 16.6. The number of carboxylic acids is 1. The van der Waals surface area contributed by atoms with E-state index in [-0.39, 0.29) is 19.8 Å². The second-order valence-corrected chi connectivity index (χ2v) is 5.74. The first-order valence-corrected chi connectivity index (χ1v) is 7.23. The van der Waals surface area contributed by atoms with Crippen LogP contribution in [0.25, 0.3) is 0 Å². The van der Waals surface area contributed by atoms with Gasteiger partial charge in [0.05, 0.1) is 19.3 Å². The highest BCUT2D eigenvalue weighted by molar-refractivity contribution is 5.68. The molecule has 0 aromatic rings. The monoisotopic (exact) mass is 321 g/mol. The molecular formula is C14H27NO7. The van der Waals surface area contributed by atoms with Gasteiger partial charge in [0.2, 0.25) is 0 Å². The Bertz CT molecular complexity index is 328. The first-order chi connectivity index (χ1) is 10.2. The average molecular weight is 321 g/mol. The van der Waals surface area contributed by atoms with Crippen molar-refractivity contribution in [3.8, 4) is 0 Å². The molecule has 3 N–H and O–H groups in total. The third-order valence-electron chi connectivity index (χ3n) is 2.30. The van der Waals surface area contributed by atoms with Crippen LogP contribution in [0.2, 0.25) is 0 Å². The van der Waals surface area contributed by atoms with Crippen molar-refractivity contribution in [2.24, 2.45) is 0 Å². The second kappa shape index (κ2) is 11.2. The number of amides is 1. The minimum atomic E-state index is -1.01. The SMILES string of the molecule is CC(C)(C)OC(=O)NCC(O)CCCOCCOCC(=O)O. The molecule has 0 saturated heterocycles. The maximum Gasteiger partial charge on any atom is 0.407 e. The second-order valence-electron chi connectivity index (χ2n) is 5.74. The van der Waals surface area contributed by atoms with Crippen molar-refractivity contribution in [1.29, 1.82) is 0 Å². The van der Waals surface area contributed by atoms with Gasteiger partial charge in [-0.2, -0.15) is 0 Å². The van der Waals surface area contributed by atoms with Crippen LogP contribution in [0.5, 0.6) is 0 Å². The van der Waals surface area contributed by atoms with E-state index in [0.717, 1.165) is 0 Å². The molecule has 1 unspecified atom stereocenters. The van der Waals surface area contributed by atoms with Gasteiger partial charge in [0.1, 0.15) is 12.2 Å². The summed E-state index contributed by atoms with van der Waals surface area (Å²) < 4.78 is 15.1. The summed E-state index contributed by atoms with van der Waals surface area (Å²) in [6.45, 7) is 6.03. The van der Waals surface area contributed by atoms with E-state index in [4.69, 9.17) is 19.3 Å². The molecule has 0 saturated carbocycles. The molecule has 0 aliphatic heterocycles. The molecule has 0 aromatic carbocycles. The molecule has 1 atom stereocenters. The molecule has 0 spiro atoms. The quantitative estimate of drug-likeness (QED) is 0.481. The van der Waals surface area contributed by atoms with Crippen molar-refractivity contribution in [2.45, 2.75) is 45.3 Å². The van der Waals surface area contributed by atoms with Crippen molar-refractivity contribution in [2.75, 3.05) is 33.0 Å². The molecule has 8 nitrogen and oxygen atoms in total. The number of ether oxygens (including phenoxy) is 3. The normalized spacial score (nSPS) is 12.7. The van der Waals surface area contributed by atoms with E-state index in [1.807, 2.05) is 0 Å². The molecule has 130 valence electrons. The number of aliphatic carboxylic acids is 1. The Morgan fingerprint density at radius 1 is 1.14 bits per heavy atom. The Labute approximate surface area is 130 Å².